The molecule has 0 spiro atoms. The molecule has 0 aromatic heterocycles. The summed E-state index contributed by atoms with van der Waals surface area (Å²) in [6, 6.07) is 7.60. The standard InChI is InChI=1S/C20H29NOS/c1-3-23-13-16-12-21(11-14-4-5-14)17-8-15-6-7-18(22-2)10-20(15)19(16)9-17/h6-7,10,14,16-17,19H,3-5,8-9,11-13H2,1-2H3/t16-,17+,19-/m0/s1. The molecular weight excluding hydrogens is 302 g/mol. The fourth-order valence-electron chi connectivity index (χ4n) is 4.58. The Bertz CT molecular complexity index is 557. The minimum atomic E-state index is 0.744. The molecule has 0 unspecified atom stereocenters. The van der Waals surface area contributed by atoms with Crippen LogP contribution in [0, 0.1) is 11.8 Å². The van der Waals surface area contributed by atoms with Crippen LogP contribution in [0.3, 0.4) is 0 Å². The zero-order valence-corrected chi connectivity index (χ0v) is 15.3. The Morgan fingerprint density at radius 3 is 2.91 bits per heavy atom. The Morgan fingerprint density at radius 1 is 1.30 bits per heavy atom. The lowest BCUT2D eigenvalue weighted by Crippen LogP contribution is -2.51. The Labute approximate surface area is 145 Å². The van der Waals surface area contributed by atoms with E-state index in [-0.39, 0.29) is 0 Å². The summed E-state index contributed by atoms with van der Waals surface area (Å²) in [5, 5.41) is 0. The highest BCUT2D eigenvalue weighted by Gasteiger charge is 2.42. The van der Waals surface area contributed by atoms with Gasteiger partial charge in [-0.05, 0) is 78.2 Å². The molecule has 1 aliphatic heterocycles. The average Bonchev–Trinajstić information content (AvgIpc) is 3.39. The maximum absolute atomic E-state index is 5.50. The van der Waals surface area contributed by atoms with Crippen molar-refractivity contribution in [2.24, 2.45) is 11.8 Å². The van der Waals surface area contributed by atoms with Crippen molar-refractivity contribution in [2.75, 3.05) is 31.7 Å². The summed E-state index contributed by atoms with van der Waals surface area (Å²) in [6.45, 7) is 4.96. The van der Waals surface area contributed by atoms with Crippen LogP contribution in [0.25, 0.3) is 0 Å². The van der Waals surface area contributed by atoms with Crippen LogP contribution in [0.2, 0.25) is 0 Å². The van der Waals surface area contributed by atoms with Crippen LogP contribution < -0.4 is 4.74 Å². The van der Waals surface area contributed by atoms with E-state index < -0.39 is 0 Å². The van der Waals surface area contributed by atoms with E-state index in [1.807, 2.05) is 0 Å². The van der Waals surface area contributed by atoms with Gasteiger partial charge in [-0.15, -0.1) is 0 Å². The van der Waals surface area contributed by atoms with Crippen LogP contribution in [0.1, 0.15) is 43.2 Å². The molecule has 4 rings (SSSR count). The molecule has 1 heterocycles. The maximum atomic E-state index is 5.50. The largest absolute Gasteiger partial charge is 0.497 e. The Hall–Kier alpha value is -0.670. The molecule has 1 saturated carbocycles. The van der Waals surface area contributed by atoms with Gasteiger partial charge >= 0.3 is 0 Å². The molecule has 2 aliphatic carbocycles. The first kappa shape index (κ1) is 15.8. The first-order valence-corrected chi connectivity index (χ1v) is 10.4. The number of benzene rings is 1. The van der Waals surface area contributed by atoms with E-state index in [2.05, 4.69) is 41.8 Å². The Balaban J connectivity index is 1.61. The molecule has 0 radical (unpaired) electrons. The Morgan fingerprint density at radius 2 is 2.17 bits per heavy atom. The van der Waals surface area contributed by atoms with Crippen LogP contribution in [0.15, 0.2) is 18.2 Å². The Kier molecular flexibility index (Phi) is 4.60. The van der Waals surface area contributed by atoms with Crippen molar-refractivity contribution in [2.45, 2.75) is 44.6 Å². The van der Waals surface area contributed by atoms with Gasteiger partial charge in [0.05, 0.1) is 7.11 Å². The van der Waals surface area contributed by atoms with E-state index >= 15 is 0 Å². The highest BCUT2D eigenvalue weighted by Crippen LogP contribution is 2.46. The number of rotatable bonds is 6. The molecular formula is C20H29NOS. The van der Waals surface area contributed by atoms with E-state index in [4.69, 9.17) is 4.74 Å². The number of hydrogen-bond donors (Lipinski definition) is 0. The van der Waals surface area contributed by atoms with Crippen molar-refractivity contribution in [3.05, 3.63) is 29.3 Å². The van der Waals surface area contributed by atoms with Gasteiger partial charge in [-0.2, -0.15) is 11.8 Å². The quantitative estimate of drug-likeness (QED) is 0.775. The second-order valence-corrected chi connectivity index (χ2v) is 8.90. The molecule has 126 valence electrons. The lowest BCUT2D eigenvalue weighted by molar-refractivity contribution is 0.0841. The fraction of sp³-hybridized carbons (Fsp3) is 0.700. The van der Waals surface area contributed by atoms with Gasteiger partial charge < -0.3 is 4.74 Å². The number of ether oxygens (including phenoxy) is 1. The number of hydrogen-bond acceptors (Lipinski definition) is 3. The maximum Gasteiger partial charge on any atom is 0.119 e. The zero-order valence-electron chi connectivity index (χ0n) is 14.5. The molecule has 3 heteroatoms. The third kappa shape index (κ3) is 3.28. The van der Waals surface area contributed by atoms with Crippen LogP contribution in [-0.4, -0.2) is 42.6 Å². The molecule has 0 N–H and O–H groups in total. The van der Waals surface area contributed by atoms with E-state index in [1.165, 1.54) is 50.3 Å². The highest BCUT2D eigenvalue weighted by atomic mass is 32.2. The monoisotopic (exact) mass is 331 g/mol. The number of likely N-dealkylation sites (tertiary alicyclic amines) is 1. The van der Waals surface area contributed by atoms with E-state index in [0.717, 1.165) is 29.5 Å². The van der Waals surface area contributed by atoms with Crippen LogP contribution in [0.5, 0.6) is 5.75 Å². The van der Waals surface area contributed by atoms with Crippen LogP contribution in [-0.2, 0) is 6.42 Å². The summed E-state index contributed by atoms with van der Waals surface area (Å²) in [7, 11) is 1.79. The van der Waals surface area contributed by atoms with Crippen molar-refractivity contribution in [1.29, 1.82) is 0 Å². The summed E-state index contributed by atoms with van der Waals surface area (Å²) in [4.78, 5) is 2.85. The number of fused-ring (bicyclic) bond motifs is 4. The molecule has 2 bridgehead atoms. The van der Waals surface area contributed by atoms with Crippen molar-refractivity contribution in [3.63, 3.8) is 0 Å². The summed E-state index contributed by atoms with van der Waals surface area (Å²) < 4.78 is 5.50. The van der Waals surface area contributed by atoms with Crippen molar-refractivity contribution < 1.29 is 4.74 Å². The average molecular weight is 332 g/mol. The minimum absolute atomic E-state index is 0.744. The highest BCUT2D eigenvalue weighted by molar-refractivity contribution is 7.99. The third-order valence-corrected chi connectivity index (χ3v) is 7.09. The van der Waals surface area contributed by atoms with Gasteiger partial charge in [0.2, 0.25) is 0 Å². The molecule has 2 fully saturated rings. The van der Waals surface area contributed by atoms with Crippen molar-refractivity contribution >= 4 is 11.8 Å². The van der Waals surface area contributed by atoms with Crippen LogP contribution >= 0.6 is 11.8 Å². The molecule has 3 aliphatic rings. The second-order valence-electron chi connectivity index (χ2n) is 7.58. The second kappa shape index (κ2) is 6.68. The van der Waals surface area contributed by atoms with E-state index in [9.17, 15) is 0 Å². The van der Waals surface area contributed by atoms with Crippen molar-refractivity contribution in [1.82, 2.24) is 4.90 Å². The lowest BCUT2D eigenvalue weighted by atomic mass is 9.70. The van der Waals surface area contributed by atoms with Gasteiger partial charge in [0.1, 0.15) is 5.75 Å². The molecule has 1 aromatic carbocycles. The van der Waals surface area contributed by atoms with Gasteiger partial charge in [0.25, 0.3) is 0 Å². The van der Waals surface area contributed by atoms with Gasteiger partial charge in [-0.25, -0.2) is 0 Å². The lowest BCUT2D eigenvalue weighted by Gasteiger charge is -2.48. The molecule has 23 heavy (non-hydrogen) atoms. The molecule has 3 atom stereocenters. The predicted octanol–water partition coefficient (Wildman–Crippen LogP) is 4.19. The first-order chi connectivity index (χ1) is 11.3. The van der Waals surface area contributed by atoms with Gasteiger partial charge in [-0.1, -0.05) is 13.0 Å². The number of nitrogens with zero attached hydrogens (tertiary/aromatic N) is 1. The normalized spacial score (nSPS) is 30.1. The van der Waals surface area contributed by atoms with E-state index in [1.54, 1.807) is 18.2 Å². The van der Waals surface area contributed by atoms with Gasteiger partial charge in [-0.3, -0.25) is 4.90 Å². The van der Waals surface area contributed by atoms with Gasteiger partial charge in [0, 0.05) is 19.1 Å². The molecule has 2 nitrogen and oxygen atoms in total. The van der Waals surface area contributed by atoms with Crippen molar-refractivity contribution in [3.8, 4) is 5.75 Å². The number of thioether (sulfide) groups is 1. The fourth-order valence-corrected chi connectivity index (χ4v) is 5.46. The number of methoxy groups -OCH3 is 1. The molecule has 0 amide bonds. The predicted molar refractivity (Wildman–Crippen MR) is 98.6 cm³/mol. The summed E-state index contributed by atoms with van der Waals surface area (Å²) in [5.74, 6) is 6.13. The smallest absolute Gasteiger partial charge is 0.119 e. The number of piperidine rings is 1. The zero-order chi connectivity index (χ0) is 15.8. The van der Waals surface area contributed by atoms with E-state index in [0.29, 0.717) is 0 Å². The third-order valence-electron chi connectivity index (χ3n) is 6.01. The minimum Gasteiger partial charge on any atom is -0.497 e. The summed E-state index contributed by atoms with van der Waals surface area (Å²) >= 11 is 2.12. The summed E-state index contributed by atoms with van der Waals surface area (Å²) in [5.41, 5.74) is 3.17. The first-order valence-electron chi connectivity index (χ1n) is 9.27. The summed E-state index contributed by atoms with van der Waals surface area (Å²) in [6.07, 6.45) is 5.54. The van der Waals surface area contributed by atoms with Crippen LogP contribution in [0.4, 0.5) is 0 Å². The SMILES string of the molecule is CCSC[C@@H]1CN(CC2CC2)[C@@H]2Cc3ccc(OC)cc3[C@H]1C2. The van der Waals surface area contributed by atoms with Gasteiger partial charge in [0.15, 0.2) is 0 Å². The topological polar surface area (TPSA) is 12.5 Å². The molecule has 1 aromatic rings. The molecule has 1 saturated heterocycles.